The van der Waals surface area contributed by atoms with Gasteiger partial charge in [-0.15, -0.1) is 0 Å². The third-order valence-corrected chi connectivity index (χ3v) is 4.15. The lowest BCUT2D eigenvalue weighted by atomic mass is 9.97. The highest BCUT2D eigenvalue weighted by molar-refractivity contribution is 9.09. The zero-order valence-corrected chi connectivity index (χ0v) is 12.4. The van der Waals surface area contributed by atoms with Crippen molar-refractivity contribution in [1.82, 2.24) is 4.90 Å². The van der Waals surface area contributed by atoms with Crippen LogP contribution in [-0.2, 0) is 0 Å². The predicted molar refractivity (Wildman–Crippen MR) is 76.8 cm³/mol. The molecule has 1 unspecified atom stereocenters. The summed E-state index contributed by atoms with van der Waals surface area (Å²) in [5, 5.41) is 10.3. The van der Waals surface area contributed by atoms with E-state index in [1.54, 1.807) is 0 Å². The van der Waals surface area contributed by atoms with Gasteiger partial charge in [-0.25, -0.2) is 0 Å². The molecule has 0 aliphatic heterocycles. The zero-order chi connectivity index (χ0) is 12.9. The molecule has 0 saturated carbocycles. The predicted octanol–water partition coefficient (Wildman–Crippen LogP) is 2.87. The first kappa shape index (κ1) is 14.7. The summed E-state index contributed by atoms with van der Waals surface area (Å²) < 4.78 is 0. The normalized spacial score (nSPS) is 14.0. The molecule has 1 aromatic rings. The van der Waals surface area contributed by atoms with Crippen LogP contribution in [0.5, 0.6) is 0 Å². The van der Waals surface area contributed by atoms with Gasteiger partial charge in [-0.2, -0.15) is 0 Å². The summed E-state index contributed by atoms with van der Waals surface area (Å²) in [5.74, 6) is 0.451. The van der Waals surface area contributed by atoms with Crippen LogP contribution in [-0.4, -0.2) is 41.1 Å². The van der Waals surface area contributed by atoms with E-state index < -0.39 is 0 Å². The van der Waals surface area contributed by atoms with E-state index in [1.807, 2.05) is 6.07 Å². The lowest BCUT2D eigenvalue weighted by molar-refractivity contribution is 0.0757. The number of nitrogens with zero attached hydrogens (tertiary/aromatic N) is 1. The fraction of sp³-hybridized carbons (Fsp3) is 0.571. The van der Waals surface area contributed by atoms with Gasteiger partial charge in [0, 0.05) is 23.3 Å². The Balaban J connectivity index is 2.71. The number of alkyl halides is 1. The SMILES string of the molecule is CN(CC(CBr)c1ccccc1)C(C)(C)CO. The van der Waals surface area contributed by atoms with Crippen LogP contribution in [0.25, 0.3) is 0 Å². The van der Waals surface area contributed by atoms with Crippen LogP contribution in [0.3, 0.4) is 0 Å². The van der Waals surface area contributed by atoms with E-state index in [2.05, 4.69) is 66.0 Å². The van der Waals surface area contributed by atoms with E-state index in [0.717, 1.165) is 11.9 Å². The van der Waals surface area contributed by atoms with Crippen molar-refractivity contribution in [2.45, 2.75) is 25.3 Å². The van der Waals surface area contributed by atoms with Crippen LogP contribution in [0.4, 0.5) is 0 Å². The van der Waals surface area contributed by atoms with Crippen molar-refractivity contribution < 1.29 is 5.11 Å². The second kappa shape index (κ2) is 6.53. The highest BCUT2D eigenvalue weighted by atomic mass is 79.9. The molecule has 1 rings (SSSR count). The number of hydrogen-bond donors (Lipinski definition) is 1. The minimum atomic E-state index is -0.171. The van der Waals surface area contributed by atoms with Crippen LogP contribution in [0.1, 0.15) is 25.3 Å². The molecule has 0 radical (unpaired) electrons. The van der Waals surface area contributed by atoms with Crippen molar-refractivity contribution in [3.05, 3.63) is 35.9 Å². The van der Waals surface area contributed by atoms with Gasteiger partial charge in [-0.05, 0) is 26.5 Å². The number of hydrogen-bond acceptors (Lipinski definition) is 2. The Morgan fingerprint density at radius 2 is 1.88 bits per heavy atom. The highest BCUT2D eigenvalue weighted by Crippen LogP contribution is 2.22. The van der Waals surface area contributed by atoms with Crippen molar-refractivity contribution >= 4 is 15.9 Å². The molecule has 0 aromatic heterocycles. The van der Waals surface area contributed by atoms with Crippen molar-refractivity contribution in [3.8, 4) is 0 Å². The van der Waals surface area contributed by atoms with Gasteiger partial charge < -0.3 is 5.11 Å². The first-order chi connectivity index (χ1) is 8.01. The Bertz CT molecular complexity index is 326. The summed E-state index contributed by atoms with van der Waals surface area (Å²) in [6, 6.07) is 10.5. The molecular weight excluding hydrogens is 278 g/mol. The minimum absolute atomic E-state index is 0.171. The number of benzene rings is 1. The summed E-state index contributed by atoms with van der Waals surface area (Å²) in [6.07, 6.45) is 0. The van der Waals surface area contributed by atoms with Crippen LogP contribution in [0.15, 0.2) is 30.3 Å². The molecule has 1 atom stereocenters. The maximum Gasteiger partial charge on any atom is 0.0609 e. The first-order valence-corrected chi connectivity index (χ1v) is 7.06. The molecule has 17 heavy (non-hydrogen) atoms. The van der Waals surface area contributed by atoms with Crippen molar-refractivity contribution in [1.29, 1.82) is 0 Å². The van der Waals surface area contributed by atoms with Crippen molar-refractivity contribution in [2.24, 2.45) is 0 Å². The topological polar surface area (TPSA) is 23.5 Å². The van der Waals surface area contributed by atoms with Gasteiger partial charge in [-0.1, -0.05) is 46.3 Å². The summed E-state index contributed by atoms with van der Waals surface area (Å²) in [6.45, 7) is 5.22. The molecular formula is C14H22BrNO. The van der Waals surface area contributed by atoms with E-state index in [0.29, 0.717) is 5.92 Å². The second-order valence-corrected chi connectivity index (χ2v) is 5.76. The number of aliphatic hydroxyl groups excluding tert-OH is 1. The maximum atomic E-state index is 9.37. The van der Waals surface area contributed by atoms with E-state index in [4.69, 9.17) is 0 Å². The molecule has 0 amide bonds. The maximum absolute atomic E-state index is 9.37. The van der Waals surface area contributed by atoms with Crippen LogP contribution < -0.4 is 0 Å². The minimum Gasteiger partial charge on any atom is -0.394 e. The molecule has 0 heterocycles. The van der Waals surface area contributed by atoms with Crippen LogP contribution in [0.2, 0.25) is 0 Å². The van der Waals surface area contributed by atoms with Gasteiger partial charge in [0.1, 0.15) is 0 Å². The average Bonchev–Trinajstić information content (AvgIpc) is 2.36. The monoisotopic (exact) mass is 299 g/mol. The fourth-order valence-corrected chi connectivity index (χ4v) is 2.25. The fourth-order valence-electron chi connectivity index (χ4n) is 1.67. The molecule has 1 aromatic carbocycles. The summed E-state index contributed by atoms with van der Waals surface area (Å²) in [7, 11) is 2.06. The van der Waals surface area contributed by atoms with Gasteiger partial charge in [0.25, 0.3) is 0 Å². The van der Waals surface area contributed by atoms with Gasteiger partial charge in [-0.3, -0.25) is 4.90 Å². The Hall–Kier alpha value is -0.380. The molecule has 0 aliphatic carbocycles. The van der Waals surface area contributed by atoms with E-state index in [-0.39, 0.29) is 12.1 Å². The number of rotatable bonds is 6. The molecule has 1 N–H and O–H groups in total. The molecule has 0 saturated heterocycles. The van der Waals surface area contributed by atoms with Crippen molar-refractivity contribution in [2.75, 3.05) is 25.5 Å². The lowest BCUT2D eigenvalue weighted by Crippen LogP contribution is -2.46. The molecule has 0 aliphatic rings. The lowest BCUT2D eigenvalue weighted by Gasteiger charge is -2.36. The quantitative estimate of drug-likeness (QED) is 0.817. The van der Waals surface area contributed by atoms with E-state index >= 15 is 0 Å². The Labute approximate surface area is 113 Å². The third kappa shape index (κ3) is 4.09. The molecule has 2 nitrogen and oxygen atoms in total. The van der Waals surface area contributed by atoms with Crippen LogP contribution >= 0.6 is 15.9 Å². The average molecular weight is 300 g/mol. The first-order valence-electron chi connectivity index (χ1n) is 5.94. The summed E-state index contributed by atoms with van der Waals surface area (Å²) in [4.78, 5) is 2.21. The smallest absolute Gasteiger partial charge is 0.0609 e. The van der Waals surface area contributed by atoms with Gasteiger partial charge >= 0.3 is 0 Å². The van der Waals surface area contributed by atoms with E-state index in [9.17, 15) is 5.11 Å². The molecule has 96 valence electrons. The summed E-state index contributed by atoms with van der Waals surface area (Å²) in [5.41, 5.74) is 1.17. The number of aliphatic hydroxyl groups is 1. The van der Waals surface area contributed by atoms with E-state index in [1.165, 1.54) is 5.56 Å². The Morgan fingerprint density at radius 1 is 1.29 bits per heavy atom. The third-order valence-electron chi connectivity index (χ3n) is 3.37. The highest BCUT2D eigenvalue weighted by Gasteiger charge is 2.25. The standard InChI is InChI=1S/C14H22BrNO/c1-14(2,11-17)16(3)10-13(9-15)12-7-5-4-6-8-12/h4-8,13,17H,9-11H2,1-3H3. The van der Waals surface area contributed by atoms with Crippen LogP contribution in [0, 0.1) is 0 Å². The molecule has 3 heteroatoms. The second-order valence-electron chi connectivity index (χ2n) is 5.11. The van der Waals surface area contributed by atoms with Gasteiger partial charge in [0.15, 0.2) is 0 Å². The Kier molecular flexibility index (Phi) is 5.63. The van der Waals surface area contributed by atoms with Gasteiger partial charge in [0.05, 0.1) is 6.61 Å². The molecule has 0 bridgehead atoms. The summed E-state index contributed by atoms with van der Waals surface area (Å²) >= 11 is 3.58. The largest absolute Gasteiger partial charge is 0.394 e. The van der Waals surface area contributed by atoms with Gasteiger partial charge in [0.2, 0.25) is 0 Å². The zero-order valence-electron chi connectivity index (χ0n) is 10.9. The number of likely N-dealkylation sites (N-methyl/N-ethyl adjacent to an activating group) is 1. The number of halogens is 1. The Morgan fingerprint density at radius 3 is 2.35 bits per heavy atom. The van der Waals surface area contributed by atoms with Crippen molar-refractivity contribution in [3.63, 3.8) is 0 Å². The molecule has 0 spiro atoms. The molecule has 0 fully saturated rings.